The van der Waals surface area contributed by atoms with Gasteiger partial charge in [-0.2, -0.15) is 0 Å². The molecule has 3 aliphatic rings. The number of nitrogens with zero attached hydrogens (tertiary/aromatic N) is 1. The summed E-state index contributed by atoms with van der Waals surface area (Å²) in [5.74, 6) is 2.54. The minimum atomic E-state index is -0.0217. The molecule has 2 aliphatic heterocycles. The van der Waals surface area contributed by atoms with Crippen molar-refractivity contribution in [2.75, 3.05) is 40.0 Å². The maximum Gasteiger partial charge on any atom is 0.226 e. The van der Waals surface area contributed by atoms with Crippen molar-refractivity contribution in [3.8, 4) is 5.75 Å². The van der Waals surface area contributed by atoms with Crippen LogP contribution in [0, 0.1) is 11.8 Å². The van der Waals surface area contributed by atoms with Gasteiger partial charge in [0.2, 0.25) is 5.91 Å². The molecule has 3 fully saturated rings. The first-order valence-corrected chi connectivity index (χ1v) is 11.3. The molecule has 160 valence electrons. The van der Waals surface area contributed by atoms with Gasteiger partial charge in [0.1, 0.15) is 5.75 Å². The van der Waals surface area contributed by atoms with E-state index in [0.717, 1.165) is 82.2 Å². The molecule has 1 unspecified atom stereocenters. The first kappa shape index (κ1) is 20.7. The molecule has 29 heavy (non-hydrogen) atoms. The zero-order valence-corrected chi connectivity index (χ0v) is 17.7. The Bertz CT molecular complexity index is 679. The topological polar surface area (TPSA) is 48.0 Å². The van der Waals surface area contributed by atoms with E-state index in [9.17, 15) is 4.79 Å². The van der Waals surface area contributed by atoms with Crippen LogP contribution in [0.4, 0.5) is 0 Å². The highest BCUT2D eigenvalue weighted by atomic mass is 16.5. The van der Waals surface area contributed by atoms with Crippen LogP contribution in [0.3, 0.4) is 0 Å². The highest BCUT2D eigenvalue weighted by Gasteiger charge is 2.40. The van der Waals surface area contributed by atoms with E-state index in [1.807, 2.05) is 29.2 Å². The lowest BCUT2D eigenvalue weighted by atomic mass is 9.78. The van der Waals surface area contributed by atoms with Crippen molar-refractivity contribution in [1.29, 1.82) is 0 Å². The number of likely N-dealkylation sites (tertiary alicyclic amines) is 1. The van der Waals surface area contributed by atoms with Gasteiger partial charge in [0, 0.05) is 32.9 Å². The maximum atomic E-state index is 12.8. The molecule has 1 atom stereocenters. The van der Waals surface area contributed by atoms with Crippen LogP contribution < -0.4 is 4.74 Å². The van der Waals surface area contributed by atoms with Gasteiger partial charge in [-0.05, 0) is 74.5 Å². The van der Waals surface area contributed by atoms with E-state index in [2.05, 4.69) is 0 Å². The van der Waals surface area contributed by atoms with Gasteiger partial charge in [-0.1, -0.05) is 12.1 Å². The Kier molecular flexibility index (Phi) is 6.76. The number of benzene rings is 1. The standard InChI is InChI=1S/C24H35NO4/c1-27-22-4-2-3-21(15-22)16-23(26)25-11-9-24(10-12-25)17-19(8-14-29-24)7-13-28-18-20-5-6-20/h2-4,15,19-20H,5-14,16-18H2,1H3. The van der Waals surface area contributed by atoms with Crippen LogP contribution >= 0.6 is 0 Å². The van der Waals surface area contributed by atoms with Crippen molar-refractivity contribution in [2.24, 2.45) is 11.8 Å². The predicted octanol–water partition coefficient (Wildman–Crippen LogP) is 3.84. The number of carbonyl (C=O) groups is 1. The molecule has 0 bridgehead atoms. The van der Waals surface area contributed by atoms with E-state index < -0.39 is 0 Å². The highest BCUT2D eigenvalue weighted by Crippen LogP contribution is 2.39. The van der Waals surface area contributed by atoms with E-state index in [1.54, 1.807) is 7.11 Å². The normalized spacial score (nSPS) is 23.9. The molecule has 1 aliphatic carbocycles. The van der Waals surface area contributed by atoms with Crippen molar-refractivity contribution in [3.63, 3.8) is 0 Å². The Morgan fingerprint density at radius 1 is 1.21 bits per heavy atom. The van der Waals surface area contributed by atoms with Gasteiger partial charge in [0.25, 0.3) is 0 Å². The second-order valence-electron chi connectivity index (χ2n) is 9.11. The summed E-state index contributed by atoms with van der Waals surface area (Å²) in [5.41, 5.74) is 0.987. The van der Waals surface area contributed by atoms with Crippen LogP contribution in [0.1, 0.15) is 50.5 Å². The van der Waals surface area contributed by atoms with Gasteiger partial charge in [0.15, 0.2) is 0 Å². The molecular formula is C24H35NO4. The van der Waals surface area contributed by atoms with E-state index in [4.69, 9.17) is 14.2 Å². The van der Waals surface area contributed by atoms with Gasteiger partial charge in [-0.3, -0.25) is 4.79 Å². The molecule has 5 nitrogen and oxygen atoms in total. The smallest absolute Gasteiger partial charge is 0.226 e. The summed E-state index contributed by atoms with van der Waals surface area (Å²) in [4.78, 5) is 14.8. The summed E-state index contributed by atoms with van der Waals surface area (Å²) < 4.78 is 17.4. The molecular weight excluding hydrogens is 366 g/mol. The largest absolute Gasteiger partial charge is 0.497 e. The van der Waals surface area contributed by atoms with Gasteiger partial charge >= 0.3 is 0 Å². The van der Waals surface area contributed by atoms with Gasteiger partial charge in [0.05, 0.1) is 19.1 Å². The second-order valence-corrected chi connectivity index (χ2v) is 9.11. The van der Waals surface area contributed by atoms with Crippen LogP contribution in [-0.4, -0.2) is 56.4 Å². The fourth-order valence-electron chi connectivity index (χ4n) is 4.74. The number of hydrogen-bond acceptors (Lipinski definition) is 4. The third-order valence-electron chi connectivity index (χ3n) is 6.83. The van der Waals surface area contributed by atoms with Gasteiger partial charge in [-0.25, -0.2) is 0 Å². The molecule has 2 saturated heterocycles. The van der Waals surface area contributed by atoms with Crippen LogP contribution in [-0.2, 0) is 20.7 Å². The minimum absolute atomic E-state index is 0.0217. The minimum Gasteiger partial charge on any atom is -0.497 e. The van der Waals surface area contributed by atoms with Crippen molar-refractivity contribution in [3.05, 3.63) is 29.8 Å². The zero-order valence-electron chi connectivity index (χ0n) is 17.7. The average molecular weight is 402 g/mol. The van der Waals surface area contributed by atoms with Crippen molar-refractivity contribution < 1.29 is 19.0 Å². The molecule has 0 aromatic heterocycles. The van der Waals surface area contributed by atoms with Crippen molar-refractivity contribution in [1.82, 2.24) is 4.90 Å². The lowest BCUT2D eigenvalue weighted by molar-refractivity contribution is -0.147. The molecule has 1 saturated carbocycles. The van der Waals surface area contributed by atoms with Crippen LogP contribution in [0.2, 0.25) is 0 Å². The molecule has 5 heteroatoms. The fraction of sp³-hybridized carbons (Fsp3) is 0.708. The van der Waals surface area contributed by atoms with Gasteiger partial charge < -0.3 is 19.1 Å². The SMILES string of the molecule is COc1cccc(CC(=O)N2CCC3(CC2)CC(CCOCC2CC2)CCO3)c1. The first-order chi connectivity index (χ1) is 14.2. The second kappa shape index (κ2) is 9.48. The number of amides is 1. The van der Waals surface area contributed by atoms with Crippen LogP contribution in [0.15, 0.2) is 24.3 Å². The van der Waals surface area contributed by atoms with Gasteiger partial charge in [-0.15, -0.1) is 0 Å². The molecule has 4 rings (SSSR count). The summed E-state index contributed by atoms with van der Waals surface area (Å²) in [6, 6.07) is 7.79. The Hall–Kier alpha value is -1.59. The molecule has 0 N–H and O–H groups in total. The summed E-state index contributed by atoms with van der Waals surface area (Å²) in [7, 11) is 1.65. The quantitative estimate of drug-likeness (QED) is 0.621. The van der Waals surface area contributed by atoms with E-state index >= 15 is 0 Å². The Labute approximate surface area is 174 Å². The third-order valence-corrected chi connectivity index (χ3v) is 6.83. The lowest BCUT2D eigenvalue weighted by Crippen LogP contribution is -2.51. The number of methoxy groups -OCH3 is 1. The Morgan fingerprint density at radius 2 is 2.03 bits per heavy atom. The number of hydrogen-bond donors (Lipinski definition) is 0. The number of piperidine rings is 1. The molecule has 1 aromatic carbocycles. The van der Waals surface area contributed by atoms with Crippen molar-refractivity contribution >= 4 is 5.91 Å². The summed E-state index contributed by atoms with van der Waals surface area (Å²) in [5, 5.41) is 0. The molecule has 2 heterocycles. The number of ether oxygens (including phenoxy) is 3. The summed E-state index contributed by atoms with van der Waals surface area (Å²) in [6.07, 6.45) is 8.47. The Balaban J connectivity index is 1.22. The monoisotopic (exact) mass is 401 g/mol. The van der Waals surface area contributed by atoms with E-state index in [0.29, 0.717) is 12.3 Å². The molecule has 0 radical (unpaired) electrons. The molecule has 1 amide bonds. The predicted molar refractivity (Wildman–Crippen MR) is 112 cm³/mol. The summed E-state index contributed by atoms with van der Waals surface area (Å²) >= 11 is 0. The van der Waals surface area contributed by atoms with E-state index in [1.165, 1.54) is 12.8 Å². The molecule has 1 aromatic rings. The van der Waals surface area contributed by atoms with Crippen LogP contribution in [0.5, 0.6) is 5.75 Å². The average Bonchev–Trinajstić information content (AvgIpc) is 3.56. The zero-order chi connectivity index (χ0) is 20.1. The van der Waals surface area contributed by atoms with E-state index in [-0.39, 0.29) is 11.5 Å². The van der Waals surface area contributed by atoms with Crippen molar-refractivity contribution in [2.45, 2.75) is 57.0 Å². The fourth-order valence-corrected chi connectivity index (χ4v) is 4.74. The van der Waals surface area contributed by atoms with Crippen LogP contribution in [0.25, 0.3) is 0 Å². The number of carbonyl (C=O) groups excluding carboxylic acids is 1. The summed E-state index contributed by atoms with van der Waals surface area (Å²) in [6.45, 7) is 4.30. The Morgan fingerprint density at radius 3 is 2.79 bits per heavy atom. The number of rotatable bonds is 8. The lowest BCUT2D eigenvalue weighted by Gasteiger charge is -2.46. The highest BCUT2D eigenvalue weighted by molar-refractivity contribution is 5.79. The maximum absolute atomic E-state index is 12.8. The first-order valence-electron chi connectivity index (χ1n) is 11.3. The third kappa shape index (κ3) is 5.73. The molecule has 1 spiro atoms.